The van der Waals surface area contributed by atoms with Gasteiger partial charge in [-0.15, -0.1) is 0 Å². The summed E-state index contributed by atoms with van der Waals surface area (Å²) in [7, 11) is 3.48. The number of ether oxygens (including phenoxy) is 2. The Morgan fingerprint density at radius 2 is 1.49 bits per heavy atom. The van der Waals surface area contributed by atoms with E-state index in [4.69, 9.17) is 9.47 Å². The highest BCUT2D eigenvalue weighted by molar-refractivity contribution is 7.97. The topological polar surface area (TPSA) is 21.7 Å². The Morgan fingerprint density at radius 1 is 0.821 bits per heavy atom. The summed E-state index contributed by atoms with van der Waals surface area (Å²) in [4.78, 5) is 0.876. The molecule has 0 amide bonds. The van der Waals surface area contributed by atoms with Crippen LogP contribution in [0, 0.1) is 5.82 Å². The first-order valence-corrected chi connectivity index (χ1v) is 13.2. The Kier molecular flexibility index (Phi) is 10.8. The van der Waals surface area contributed by atoms with Crippen LogP contribution in [0.25, 0.3) is 11.1 Å². The normalized spacial score (nSPS) is 11.1. The lowest BCUT2D eigenvalue weighted by atomic mass is 9.99. The molecule has 0 saturated carbocycles. The summed E-state index contributed by atoms with van der Waals surface area (Å²) in [5, 5.41) is 0. The van der Waals surface area contributed by atoms with E-state index >= 15 is 0 Å². The van der Waals surface area contributed by atoms with Gasteiger partial charge >= 0.3 is 6.18 Å². The van der Waals surface area contributed by atoms with Crippen LogP contribution in [-0.4, -0.2) is 18.5 Å². The molecule has 4 aromatic rings. The van der Waals surface area contributed by atoms with Crippen molar-refractivity contribution < 1.29 is 27.0 Å². The lowest BCUT2D eigenvalue weighted by Gasteiger charge is -2.18. The van der Waals surface area contributed by atoms with E-state index in [1.54, 1.807) is 31.4 Å². The molecule has 0 aliphatic carbocycles. The van der Waals surface area contributed by atoms with Crippen LogP contribution in [0.5, 0.6) is 11.5 Å². The molecule has 206 valence electrons. The Labute approximate surface area is 231 Å². The second-order valence-electron chi connectivity index (χ2n) is 8.38. The molecule has 0 aromatic heterocycles. The highest BCUT2D eigenvalue weighted by Crippen LogP contribution is 2.37. The monoisotopic (exact) mass is 557 g/mol. The summed E-state index contributed by atoms with van der Waals surface area (Å²) in [6, 6.07) is 24.3. The molecule has 0 unspecified atom stereocenters. The molecule has 0 aliphatic heterocycles. The summed E-state index contributed by atoms with van der Waals surface area (Å²) in [5.41, 5.74) is 2.05. The second-order valence-corrected chi connectivity index (χ2v) is 9.65. The van der Waals surface area contributed by atoms with E-state index in [-0.39, 0.29) is 12.4 Å². The molecule has 0 aliphatic rings. The van der Waals surface area contributed by atoms with Crippen LogP contribution in [0.15, 0.2) is 95.9 Å². The van der Waals surface area contributed by atoms with Crippen LogP contribution in [-0.2, 0) is 19.3 Å². The first kappa shape index (κ1) is 30.1. The zero-order chi connectivity index (χ0) is 28.4. The maximum absolute atomic E-state index is 13.4. The van der Waals surface area contributed by atoms with E-state index in [1.807, 2.05) is 61.6 Å². The molecule has 0 bridgehead atoms. The van der Waals surface area contributed by atoms with E-state index in [9.17, 15) is 17.6 Å². The Bertz CT molecular complexity index is 1330. The molecule has 8 heteroatoms. The summed E-state index contributed by atoms with van der Waals surface area (Å²) in [6.45, 7) is 4.75. The minimum absolute atomic E-state index is 0.246. The fourth-order valence-electron chi connectivity index (χ4n) is 3.74. The zero-order valence-electron chi connectivity index (χ0n) is 22.3. The standard InChI is InChI=1S/C29H25F4NO2S.C2H6/c1-34(37-26-13-9-24(30)10-14-26)18-21-8-15-28(36-19-20-6-11-25(35-2)12-7-20)27(16-21)22-4-3-5-23(17-22)29(31,32)33;1-2/h3-17H,18-19H2,1-2H3;1-2H3. The van der Waals surface area contributed by atoms with E-state index < -0.39 is 11.7 Å². The number of methoxy groups -OCH3 is 1. The lowest BCUT2D eigenvalue weighted by Crippen LogP contribution is -2.09. The van der Waals surface area contributed by atoms with Crippen LogP contribution in [0.2, 0.25) is 0 Å². The van der Waals surface area contributed by atoms with Crippen molar-refractivity contribution in [3.05, 3.63) is 114 Å². The summed E-state index contributed by atoms with van der Waals surface area (Å²) >= 11 is 1.45. The Balaban J connectivity index is 0.00000205. The molecule has 0 radical (unpaired) electrons. The van der Waals surface area contributed by atoms with Gasteiger partial charge in [0.05, 0.1) is 12.7 Å². The molecule has 0 N–H and O–H groups in total. The summed E-state index contributed by atoms with van der Waals surface area (Å²) in [5.74, 6) is 0.899. The van der Waals surface area contributed by atoms with Crippen molar-refractivity contribution in [2.24, 2.45) is 0 Å². The number of halogens is 4. The SMILES string of the molecule is CC.COc1ccc(COc2ccc(CN(C)Sc3ccc(F)cc3)cc2-c2cccc(C(F)(F)F)c2)cc1. The third kappa shape index (κ3) is 8.76. The molecule has 0 atom stereocenters. The Hall–Kier alpha value is -3.49. The van der Waals surface area contributed by atoms with Crippen LogP contribution < -0.4 is 9.47 Å². The second kappa shape index (κ2) is 14.1. The van der Waals surface area contributed by atoms with Gasteiger partial charge in [0.2, 0.25) is 0 Å². The molecule has 0 saturated heterocycles. The molecule has 39 heavy (non-hydrogen) atoms. The van der Waals surface area contributed by atoms with Gasteiger partial charge in [0, 0.05) is 17.0 Å². The van der Waals surface area contributed by atoms with Crippen LogP contribution >= 0.6 is 11.9 Å². The van der Waals surface area contributed by atoms with Gasteiger partial charge in [-0.2, -0.15) is 13.2 Å². The van der Waals surface area contributed by atoms with Crippen LogP contribution in [0.3, 0.4) is 0 Å². The van der Waals surface area contributed by atoms with Crippen LogP contribution in [0.4, 0.5) is 17.6 Å². The van der Waals surface area contributed by atoms with Crippen molar-refractivity contribution in [2.75, 3.05) is 14.2 Å². The van der Waals surface area contributed by atoms with E-state index in [1.165, 1.54) is 30.1 Å². The van der Waals surface area contributed by atoms with Gasteiger partial charge in [-0.05, 0) is 96.3 Å². The lowest BCUT2D eigenvalue weighted by molar-refractivity contribution is -0.137. The third-order valence-corrected chi connectivity index (χ3v) is 6.50. The summed E-state index contributed by atoms with van der Waals surface area (Å²) < 4.78 is 66.7. The smallest absolute Gasteiger partial charge is 0.416 e. The molecule has 4 rings (SSSR count). The highest BCUT2D eigenvalue weighted by atomic mass is 32.2. The Morgan fingerprint density at radius 3 is 2.13 bits per heavy atom. The predicted octanol–water partition coefficient (Wildman–Crippen LogP) is 9.26. The van der Waals surface area contributed by atoms with Crippen molar-refractivity contribution in [3.8, 4) is 22.6 Å². The first-order valence-electron chi connectivity index (χ1n) is 12.4. The fourth-order valence-corrected chi connectivity index (χ4v) is 4.57. The number of rotatable bonds is 9. The maximum atomic E-state index is 13.4. The average molecular weight is 558 g/mol. The van der Waals surface area contributed by atoms with Crippen molar-refractivity contribution in [1.29, 1.82) is 0 Å². The molecule has 0 fully saturated rings. The molecule has 0 spiro atoms. The quantitative estimate of drug-likeness (QED) is 0.151. The molecular formula is C31H31F4NO2S. The number of hydrogen-bond acceptors (Lipinski definition) is 4. The molecule has 4 aromatic carbocycles. The highest BCUT2D eigenvalue weighted by Gasteiger charge is 2.30. The van der Waals surface area contributed by atoms with Gasteiger partial charge in [-0.3, -0.25) is 0 Å². The number of alkyl halides is 3. The van der Waals surface area contributed by atoms with Gasteiger partial charge in [-0.25, -0.2) is 8.70 Å². The maximum Gasteiger partial charge on any atom is 0.416 e. The van der Waals surface area contributed by atoms with Crippen molar-refractivity contribution in [1.82, 2.24) is 4.31 Å². The summed E-state index contributed by atoms with van der Waals surface area (Å²) in [6.07, 6.45) is -4.45. The van der Waals surface area contributed by atoms with E-state index in [0.29, 0.717) is 23.4 Å². The molecule has 0 heterocycles. The fraction of sp³-hybridized carbons (Fsp3) is 0.226. The molecular weight excluding hydrogens is 526 g/mol. The number of hydrogen-bond donors (Lipinski definition) is 0. The first-order chi connectivity index (χ1) is 18.7. The third-order valence-electron chi connectivity index (χ3n) is 5.58. The van der Waals surface area contributed by atoms with Gasteiger partial charge in [0.1, 0.15) is 23.9 Å². The molecule has 3 nitrogen and oxygen atoms in total. The number of nitrogens with zero attached hydrogens (tertiary/aromatic N) is 1. The van der Waals surface area contributed by atoms with Crippen LogP contribution in [0.1, 0.15) is 30.5 Å². The van der Waals surface area contributed by atoms with E-state index in [2.05, 4.69) is 0 Å². The average Bonchev–Trinajstić information content (AvgIpc) is 2.94. The van der Waals surface area contributed by atoms with Crippen molar-refractivity contribution in [2.45, 2.75) is 38.1 Å². The van der Waals surface area contributed by atoms with Gasteiger partial charge < -0.3 is 9.47 Å². The minimum atomic E-state index is -4.45. The predicted molar refractivity (Wildman–Crippen MR) is 149 cm³/mol. The van der Waals surface area contributed by atoms with Crippen molar-refractivity contribution >= 4 is 11.9 Å². The number of benzene rings is 4. The van der Waals surface area contributed by atoms with Gasteiger partial charge in [0.25, 0.3) is 0 Å². The minimum Gasteiger partial charge on any atom is -0.497 e. The zero-order valence-corrected chi connectivity index (χ0v) is 23.1. The van der Waals surface area contributed by atoms with Gasteiger partial charge in [0.15, 0.2) is 0 Å². The van der Waals surface area contributed by atoms with Gasteiger partial charge in [-0.1, -0.05) is 44.2 Å². The van der Waals surface area contributed by atoms with E-state index in [0.717, 1.165) is 33.9 Å². The largest absolute Gasteiger partial charge is 0.497 e. The van der Waals surface area contributed by atoms with Crippen molar-refractivity contribution in [3.63, 3.8) is 0 Å².